The van der Waals surface area contributed by atoms with Gasteiger partial charge in [-0.15, -0.1) is 0 Å². The number of hydrazine groups is 1. The second-order valence-electron chi connectivity index (χ2n) is 7.89. The van der Waals surface area contributed by atoms with Crippen molar-refractivity contribution in [2.24, 2.45) is 0 Å². The third-order valence-corrected chi connectivity index (χ3v) is 5.90. The van der Waals surface area contributed by atoms with Crippen molar-refractivity contribution in [3.8, 4) is 0 Å². The second kappa shape index (κ2) is 8.57. The van der Waals surface area contributed by atoms with Crippen molar-refractivity contribution in [3.05, 3.63) is 70.8 Å². The van der Waals surface area contributed by atoms with E-state index in [2.05, 4.69) is 21.1 Å². The second-order valence-corrected chi connectivity index (χ2v) is 7.89. The summed E-state index contributed by atoms with van der Waals surface area (Å²) < 4.78 is 26.8. The molecule has 154 valence electrons. The third-order valence-electron chi connectivity index (χ3n) is 5.90. The first-order valence-electron chi connectivity index (χ1n) is 10.1. The molecule has 2 fully saturated rings. The van der Waals surface area contributed by atoms with Crippen LogP contribution in [0.5, 0.6) is 0 Å². The van der Waals surface area contributed by atoms with Crippen LogP contribution in [-0.4, -0.2) is 36.1 Å². The highest BCUT2D eigenvalue weighted by Gasteiger charge is 2.32. The minimum Gasteiger partial charge on any atom is -0.349 e. The average Bonchev–Trinajstić information content (AvgIpc) is 3.21. The fourth-order valence-electron chi connectivity index (χ4n) is 4.05. The Balaban J connectivity index is 1.27. The molecule has 2 aromatic rings. The zero-order chi connectivity index (χ0) is 20.4. The maximum absolute atomic E-state index is 13.7. The lowest BCUT2D eigenvalue weighted by molar-refractivity contribution is 0.0879. The molecule has 2 unspecified atom stereocenters. The highest BCUT2D eigenvalue weighted by Crippen LogP contribution is 2.26. The lowest BCUT2D eigenvalue weighted by Crippen LogP contribution is -2.51. The van der Waals surface area contributed by atoms with Gasteiger partial charge in [0.05, 0.1) is 6.17 Å². The molecule has 2 heterocycles. The van der Waals surface area contributed by atoms with Crippen LogP contribution in [0.2, 0.25) is 0 Å². The number of amides is 1. The van der Waals surface area contributed by atoms with Crippen molar-refractivity contribution < 1.29 is 13.6 Å². The molecule has 3 N–H and O–H groups in total. The summed E-state index contributed by atoms with van der Waals surface area (Å²) in [5.74, 6) is -0.809. The Morgan fingerprint density at radius 2 is 1.79 bits per heavy atom. The van der Waals surface area contributed by atoms with Crippen LogP contribution in [0.25, 0.3) is 0 Å². The smallest absolute Gasteiger partial charge is 0.251 e. The monoisotopic (exact) mass is 400 g/mol. The number of aryl methyl sites for hydroxylation is 1. The van der Waals surface area contributed by atoms with Crippen LogP contribution in [0.4, 0.5) is 8.78 Å². The predicted molar refractivity (Wildman–Crippen MR) is 107 cm³/mol. The highest BCUT2D eigenvalue weighted by molar-refractivity contribution is 5.94. The van der Waals surface area contributed by atoms with Gasteiger partial charge >= 0.3 is 0 Å². The SMILES string of the molecule is Cc1ccc(C(=O)NC2CCN(C3CC(c4ccc(F)cc4)NN3)CC2)cc1F. The largest absolute Gasteiger partial charge is 0.349 e. The van der Waals surface area contributed by atoms with Crippen molar-refractivity contribution >= 4 is 5.91 Å². The van der Waals surface area contributed by atoms with Crippen LogP contribution in [-0.2, 0) is 0 Å². The zero-order valence-corrected chi connectivity index (χ0v) is 16.4. The standard InChI is InChI=1S/C22H26F2N4O/c1-14-2-3-16(12-19(14)24)22(29)25-18-8-10-28(11-9-18)21-13-20(26-27-21)15-4-6-17(23)7-5-15/h2-7,12,18,20-21,26-27H,8-11,13H2,1H3,(H,25,29). The van der Waals surface area contributed by atoms with E-state index in [4.69, 9.17) is 0 Å². The van der Waals surface area contributed by atoms with Crippen molar-refractivity contribution in [1.29, 1.82) is 0 Å². The number of rotatable bonds is 4. The zero-order valence-electron chi connectivity index (χ0n) is 16.4. The molecule has 2 aromatic carbocycles. The molecule has 2 atom stereocenters. The Labute approximate surface area is 169 Å². The van der Waals surface area contributed by atoms with E-state index in [-0.39, 0.29) is 35.8 Å². The van der Waals surface area contributed by atoms with Gasteiger partial charge in [0.15, 0.2) is 0 Å². The number of carbonyl (C=O) groups excluding carboxylic acids is 1. The molecule has 2 saturated heterocycles. The first kappa shape index (κ1) is 19.9. The lowest BCUT2D eigenvalue weighted by Gasteiger charge is -2.35. The normalized spacial score (nSPS) is 23.3. The Morgan fingerprint density at radius 1 is 1.07 bits per heavy atom. The van der Waals surface area contributed by atoms with E-state index < -0.39 is 0 Å². The van der Waals surface area contributed by atoms with Gasteiger partial charge in [0, 0.05) is 30.7 Å². The van der Waals surface area contributed by atoms with Crippen molar-refractivity contribution in [2.45, 2.75) is 44.4 Å². The molecular formula is C22H26F2N4O. The third kappa shape index (κ3) is 4.63. The Kier molecular flexibility index (Phi) is 5.89. The summed E-state index contributed by atoms with van der Waals surface area (Å²) in [5, 5.41) is 3.03. The van der Waals surface area contributed by atoms with Gasteiger partial charge in [0.25, 0.3) is 5.91 Å². The van der Waals surface area contributed by atoms with E-state index in [1.165, 1.54) is 18.2 Å². The van der Waals surface area contributed by atoms with Crippen LogP contribution in [0.15, 0.2) is 42.5 Å². The Hall–Kier alpha value is -2.35. The lowest BCUT2D eigenvalue weighted by atomic mass is 10.0. The molecule has 2 aliphatic heterocycles. The summed E-state index contributed by atoms with van der Waals surface area (Å²) in [6.07, 6.45) is 2.79. The molecule has 0 bridgehead atoms. The Bertz CT molecular complexity index is 866. The summed E-state index contributed by atoms with van der Waals surface area (Å²) in [5.41, 5.74) is 8.59. The molecule has 4 rings (SSSR count). The quantitative estimate of drug-likeness (QED) is 0.739. The molecule has 0 radical (unpaired) electrons. The summed E-state index contributed by atoms with van der Waals surface area (Å²) in [4.78, 5) is 14.8. The predicted octanol–water partition coefficient (Wildman–Crippen LogP) is 3.03. The summed E-state index contributed by atoms with van der Waals surface area (Å²) in [6.45, 7) is 3.41. The molecule has 2 aliphatic rings. The summed E-state index contributed by atoms with van der Waals surface area (Å²) in [6, 6.07) is 11.4. The number of likely N-dealkylation sites (tertiary alicyclic amines) is 1. The first-order valence-corrected chi connectivity index (χ1v) is 10.1. The van der Waals surface area contributed by atoms with Gasteiger partial charge in [-0.25, -0.2) is 19.6 Å². The van der Waals surface area contributed by atoms with E-state index in [0.717, 1.165) is 37.9 Å². The minimum atomic E-state index is -0.358. The fourth-order valence-corrected chi connectivity index (χ4v) is 4.05. The number of nitrogens with one attached hydrogen (secondary N) is 3. The molecule has 5 nitrogen and oxygen atoms in total. The molecule has 0 spiro atoms. The molecule has 0 saturated carbocycles. The molecule has 0 aliphatic carbocycles. The van der Waals surface area contributed by atoms with Crippen LogP contribution in [0.3, 0.4) is 0 Å². The van der Waals surface area contributed by atoms with Crippen molar-refractivity contribution in [2.75, 3.05) is 13.1 Å². The Morgan fingerprint density at radius 3 is 2.48 bits per heavy atom. The van der Waals surface area contributed by atoms with E-state index in [1.54, 1.807) is 19.1 Å². The van der Waals surface area contributed by atoms with Crippen LogP contribution >= 0.6 is 0 Å². The first-order chi connectivity index (χ1) is 14.0. The molecule has 0 aromatic heterocycles. The molecular weight excluding hydrogens is 374 g/mol. The van der Waals surface area contributed by atoms with Crippen LogP contribution < -0.4 is 16.2 Å². The summed E-state index contributed by atoms with van der Waals surface area (Å²) >= 11 is 0. The van der Waals surface area contributed by atoms with Gasteiger partial charge in [-0.3, -0.25) is 9.69 Å². The minimum absolute atomic E-state index is 0.0883. The van der Waals surface area contributed by atoms with Crippen molar-refractivity contribution in [1.82, 2.24) is 21.1 Å². The van der Waals surface area contributed by atoms with Crippen molar-refractivity contribution in [3.63, 3.8) is 0 Å². The maximum Gasteiger partial charge on any atom is 0.251 e. The van der Waals surface area contributed by atoms with E-state index in [0.29, 0.717) is 11.1 Å². The molecule has 29 heavy (non-hydrogen) atoms. The molecule has 1 amide bonds. The fraction of sp³-hybridized carbons (Fsp3) is 0.409. The highest BCUT2D eigenvalue weighted by atomic mass is 19.1. The van der Waals surface area contributed by atoms with E-state index in [9.17, 15) is 13.6 Å². The van der Waals surface area contributed by atoms with Gasteiger partial charge in [-0.2, -0.15) is 0 Å². The van der Waals surface area contributed by atoms with Gasteiger partial charge in [-0.1, -0.05) is 18.2 Å². The number of hydrogen-bond donors (Lipinski definition) is 3. The maximum atomic E-state index is 13.7. The van der Waals surface area contributed by atoms with E-state index in [1.807, 2.05) is 12.1 Å². The molecule has 7 heteroatoms. The number of benzene rings is 2. The number of piperidine rings is 1. The van der Waals surface area contributed by atoms with Gasteiger partial charge < -0.3 is 5.32 Å². The van der Waals surface area contributed by atoms with Crippen LogP contribution in [0, 0.1) is 18.6 Å². The van der Waals surface area contributed by atoms with E-state index >= 15 is 0 Å². The summed E-state index contributed by atoms with van der Waals surface area (Å²) in [7, 11) is 0. The van der Waals surface area contributed by atoms with Gasteiger partial charge in [0.2, 0.25) is 0 Å². The number of nitrogens with zero attached hydrogens (tertiary/aromatic N) is 1. The van der Waals surface area contributed by atoms with Gasteiger partial charge in [-0.05, 0) is 61.6 Å². The average molecular weight is 400 g/mol. The number of carbonyl (C=O) groups is 1. The van der Waals surface area contributed by atoms with Crippen LogP contribution in [0.1, 0.15) is 46.8 Å². The number of hydrogen-bond acceptors (Lipinski definition) is 4. The van der Waals surface area contributed by atoms with Gasteiger partial charge in [0.1, 0.15) is 11.6 Å². The topological polar surface area (TPSA) is 56.4 Å². The number of halogens is 2.